The third-order valence-electron chi connectivity index (χ3n) is 3.31. The Labute approximate surface area is 127 Å². The van der Waals surface area contributed by atoms with Gasteiger partial charge in [-0.05, 0) is 30.7 Å². The first-order chi connectivity index (χ1) is 10.1. The fourth-order valence-electron chi connectivity index (χ4n) is 2.22. The first-order valence-electron chi connectivity index (χ1n) is 6.61. The number of hydrogen-bond acceptors (Lipinski definition) is 2. The summed E-state index contributed by atoms with van der Waals surface area (Å²) < 4.78 is 5.52. The van der Waals surface area contributed by atoms with E-state index >= 15 is 0 Å². The molecule has 21 heavy (non-hydrogen) atoms. The second kappa shape index (κ2) is 5.58. The van der Waals surface area contributed by atoms with Crippen LogP contribution in [0.5, 0.6) is 0 Å². The number of rotatable bonds is 2. The normalized spacial score (nSPS) is 10.6. The summed E-state index contributed by atoms with van der Waals surface area (Å²) in [6.45, 7) is 1.75. The summed E-state index contributed by atoms with van der Waals surface area (Å²) in [5.74, 6) is 0.577. The second-order valence-electron chi connectivity index (χ2n) is 4.83. The zero-order valence-electron chi connectivity index (χ0n) is 11.5. The van der Waals surface area contributed by atoms with Gasteiger partial charge in [-0.25, -0.2) is 4.79 Å². The maximum Gasteiger partial charge on any atom is 0.339 e. The van der Waals surface area contributed by atoms with Gasteiger partial charge >= 0.3 is 5.63 Å². The molecule has 2 aromatic carbocycles. The maximum absolute atomic E-state index is 11.9. The van der Waals surface area contributed by atoms with E-state index in [1.54, 1.807) is 6.92 Å². The van der Waals surface area contributed by atoms with E-state index in [2.05, 4.69) is 0 Å². The zero-order valence-corrected chi connectivity index (χ0v) is 12.2. The van der Waals surface area contributed by atoms with Gasteiger partial charge in [-0.2, -0.15) is 0 Å². The molecule has 1 aromatic heterocycles. The zero-order chi connectivity index (χ0) is 14.8. The highest BCUT2D eigenvalue weighted by atomic mass is 35.5. The van der Waals surface area contributed by atoms with Crippen molar-refractivity contribution in [1.29, 1.82) is 0 Å². The van der Waals surface area contributed by atoms with E-state index in [9.17, 15) is 4.79 Å². The Balaban J connectivity index is 2.26. The van der Waals surface area contributed by atoms with Crippen LogP contribution in [-0.2, 0) is 0 Å². The molecule has 0 aliphatic carbocycles. The van der Waals surface area contributed by atoms with Crippen molar-refractivity contribution in [3.05, 3.63) is 81.7 Å². The van der Waals surface area contributed by atoms with Crippen LogP contribution in [0.15, 0.2) is 69.9 Å². The van der Waals surface area contributed by atoms with Gasteiger partial charge in [0.15, 0.2) is 0 Å². The highest BCUT2D eigenvalue weighted by Gasteiger charge is 2.12. The van der Waals surface area contributed by atoms with Crippen LogP contribution in [-0.4, -0.2) is 0 Å². The standard InChI is InChI=1S/C18H13ClO2/c1-12-11-16(13-7-9-15(19)10-8-13)17(21-18(12)20)14-5-3-2-4-6-14/h2-11H,1H3. The fourth-order valence-corrected chi connectivity index (χ4v) is 2.34. The molecule has 0 spiro atoms. The average Bonchev–Trinajstić information content (AvgIpc) is 2.51. The topological polar surface area (TPSA) is 30.2 Å². The molecule has 3 aromatic rings. The van der Waals surface area contributed by atoms with Gasteiger partial charge in [0.05, 0.1) is 0 Å². The van der Waals surface area contributed by atoms with Crippen molar-refractivity contribution in [2.24, 2.45) is 0 Å². The van der Waals surface area contributed by atoms with Crippen molar-refractivity contribution in [2.45, 2.75) is 6.92 Å². The van der Waals surface area contributed by atoms with Gasteiger partial charge in [0.2, 0.25) is 0 Å². The number of aryl methyl sites for hydroxylation is 1. The van der Waals surface area contributed by atoms with E-state index < -0.39 is 0 Å². The molecule has 1 heterocycles. The fraction of sp³-hybridized carbons (Fsp3) is 0.0556. The van der Waals surface area contributed by atoms with Gasteiger partial charge in [0.25, 0.3) is 0 Å². The lowest BCUT2D eigenvalue weighted by molar-refractivity contribution is 0.522. The van der Waals surface area contributed by atoms with Crippen LogP contribution in [0, 0.1) is 6.92 Å². The molecule has 3 rings (SSSR count). The lowest BCUT2D eigenvalue weighted by Crippen LogP contribution is -2.04. The number of hydrogen-bond donors (Lipinski definition) is 0. The quantitative estimate of drug-likeness (QED) is 0.671. The maximum atomic E-state index is 11.9. The van der Waals surface area contributed by atoms with E-state index in [1.807, 2.05) is 60.7 Å². The van der Waals surface area contributed by atoms with E-state index in [0.717, 1.165) is 16.7 Å². The highest BCUT2D eigenvalue weighted by molar-refractivity contribution is 6.30. The Morgan fingerprint density at radius 1 is 0.905 bits per heavy atom. The molecule has 0 saturated carbocycles. The Morgan fingerprint density at radius 2 is 1.57 bits per heavy atom. The van der Waals surface area contributed by atoms with Crippen LogP contribution in [0.2, 0.25) is 5.02 Å². The van der Waals surface area contributed by atoms with E-state index in [4.69, 9.17) is 16.0 Å². The molecule has 104 valence electrons. The molecule has 0 N–H and O–H groups in total. The Hall–Kier alpha value is -2.32. The van der Waals surface area contributed by atoms with Crippen LogP contribution in [0.1, 0.15) is 5.56 Å². The molecule has 0 aliphatic heterocycles. The molecule has 0 fully saturated rings. The van der Waals surface area contributed by atoms with Crippen molar-refractivity contribution in [1.82, 2.24) is 0 Å². The SMILES string of the molecule is Cc1cc(-c2ccc(Cl)cc2)c(-c2ccccc2)oc1=O. The van der Waals surface area contributed by atoms with Gasteiger partial charge in [-0.1, -0.05) is 54.1 Å². The Bertz CT molecular complexity index is 818. The summed E-state index contributed by atoms with van der Waals surface area (Å²) in [7, 11) is 0. The van der Waals surface area contributed by atoms with Crippen molar-refractivity contribution >= 4 is 11.6 Å². The summed E-state index contributed by atoms with van der Waals surface area (Å²) in [5.41, 5.74) is 2.99. The van der Waals surface area contributed by atoms with Crippen LogP contribution in [0.25, 0.3) is 22.5 Å². The van der Waals surface area contributed by atoms with Crippen molar-refractivity contribution in [3.63, 3.8) is 0 Å². The third kappa shape index (κ3) is 2.76. The van der Waals surface area contributed by atoms with Crippen LogP contribution < -0.4 is 5.63 Å². The Kier molecular flexibility index (Phi) is 3.63. The largest absolute Gasteiger partial charge is 0.422 e. The molecule has 2 nitrogen and oxygen atoms in total. The van der Waals surface area contributed by atoms with Gasteiger partial charge in [0, 0.05) is 21.7 Å². The van der Waals surface area contributed by atoms with Crippen LogP contribution >= 0.6 is 11.6 Å². The Morgan fingerprint density at radius 3 is 2.24 bits per heavy atom. The minimum Gasteiger partial charge on any atom is -0.422 e. The molecule has 0 aliphatic rings. The highest BCUT2D eigenvalue weighted by Crippen LogP contribution is 2.32. The predicted molar refractivity (Wildman–Crippen MR) is 85.6 cm³/mol. The van der Waals surface area contributed by atoms with E-state index in [0.29, 0.717) is 16.3 Å². The van der Waals surface area contributed by atoms with E-state index in [1.165, 1.54) is 0 Å². The van der Waals surface area contributed by atoms with Gasteiger partial charge in [0.1, 0.15) is 5.76 Å². The summed E-state index contributed by atoms with van der Waals surface area (Å²) in [6, 6.07) is 19.0. The minimum absolute atomic E-state index is 0.313. The van der Waals surface area contributed by atoms with Crippen LogP contribution in [0.3, 0.4) is 0 Å². The number of halogens is 1. The van der Waals surface area contributed by atoms with Crippen molar-refractivity contribution < 1.29 is 4.42 Å². The molecule has 0 radical (unpaired) electrons. The molecular weight excluding hydrogens is 284 g/mol. The van der Waals surface area contributed by atoms with Gasteiger partial charge < -0.3 is 4.42 Å². The minimum atomic E-state index is -0.313. The lowest BCUT2D eigenvalue weighted by Gasteiger charge is -2.09. The summed E-state index contributed by atoms with van der Waals surface area (Å²) in [4.78, 5) is 11.9. The molecule has 0 saturated heterocycles. The first-order valence-corrected chi connectivity index (χ1v) is 6.99. The average molecular weight is 297 g/mol. The predicted octanol–water partition coefficient (Wildman–Crippen LogP) is 4.94. The molecule has 3 heteroatoms. The molecular formula is C18H13ClO2. The number of benzene rings is 2. The van der Waals surface area contributed by atoms with Crippen molar-refractivity contribution in [2.75, 3.05) is 0 Å². The smallest absolute Gasteiger partial charge is 0.339 e. The van der Waals surface area contributed by atoms with Crippen molar-refractivity contribution in [3.8, 4) is 22.5 Å². The monoisotopic (exact) mass is 296 g/mol. The van der Waals surface area contributed by atoms with Gasteiger partial charge in [-0.15, -0.1) is 0 Å². The summed E-state index contributed by atoms with van der Waals surface area (Å²) in [5, 5.41) is 0.675. The van der Waals surface area contributed by atoms with E-state index in [-0.39, 0.29) is 5.63 Å². The van der Waals surface area contributed by atoms with Gasteiger partial charge in [-0.3, -0.25) is 0 Å². The first kappa shape index (κ1) is 13.7. The summed E-state index contributed by atoms with van der Waals surface area (Å²) >= 11 is 5.94. The molecule has 0 unspecified atom stereocenters. The molecule has 0 bridgehead atoms. The molecule has 0 amide bonds. The lowest BCUT2D eigenvalue weighted by atomic mass is 9.99. The van der Waals surface area contributed by atoms with Crippen LogP contribution in [0.4, 0.5) is 0 Å². The second-order valence-corrected chi connectivity index (χ2v) is 5.27. The third-order valence-corrected chi connectivity index (χ3v) is 3.57. The molecule has 0 atom stereocenters. The summed E-state index contributed by atoms with van der Waals surface area (Å²) in [6.07, 6.45) is 0.